The highest BCUT2D eigenvalue weighted by Crippen LogP contribution is 2.28. The number of nitrogens with zero attached hydrogens (tertiary/aromatic N) is 1. The Labute approximate surface area is 90.1 Å². The molecule has 1 aromatic carbocycles. The fourth-order valence-corrected chi connectivity index (χ4v) is 2.21. The van der Waals surface area contributed by atoms with E-state index in [1.165, 1.54) is 4.90 Å². The van der Waals surface area contributed by atoms with E-state index in [-0.39, 0.29) is 5.25 Å². The largest absolute Gasteiger partial charge is 0.197 e. The zero-order valence-corrected chi connectivity index (χ0v) is 9.42. The lowest BCUT2D eigenvalue weighted by molar-refractivity contribution is 0.589. The number of thioether (sulfide) groups is 1. The molecule has 0 amide bonds. The van der Waals surface area contributed by atoms with Gasteiger partial charge >= 0.3 is 0 Å². The molecule has 2 unspecified atom stereocenters. The summed E-state index contributed by atoms with van der Waals surface area (Å²) in [6, 6.07) is 12.5. The van der Waals surface area contributed by atoms with Crippen LogP contribution in [0.4, 0.5) is 0 Å². The van der Waals surface area contributed by atoms with E-state index in [1.54, 1.807) is 11.8 Å². The molecule has 2 atom stereocenters. The van der Waals surface area contributed by atoms with Crippen LogP contribution in [0.2, 0.25) is 0 Å². The maximum atomic E-state index is 9.02. The zero-order valence-electron chi connectivity index (χ0n) is 8.60. The van der Waals surface area contributed by atoms with Crippen LogP contribution in [0.25, 0.3) is 0 Å². The summed E-state index contributed by atoms with van der Waals surface area (Å²) in [6.45, 7) is 4.25. The fraction of sp³-hybridized carbons (Fsp3) is 0.417. The number of hydrogen-bond donors (Lipinski definition) is 0. The standard InChI is InChI=1S/C12H15NS/c1-3-10(2)12(9-13)14-11-7-5-4-6-8-11/h4-8,10,12H,3H2,1-2H3. The van der Waals surface area contributed by atoms with Crippen molar-refractivity contribution >= 4 is 11.8 Å². The molecule has 0 spiro atoms. The van der Waals surface area contributed by atoms with E-state index in [4.69, 9.17) is 5.26 Å². The van der Waals surface area contributed by atoms with Gasteiger partial charge in [-0.3, -0.25) is 0 Å². The van der Waals surface area contributed by atoms with Crippen LogP contribution in [0.15, 0.2) is 35.2 Å². The van der Waals surface area contributed by atoms with E-state index in [2.05, 4.69) is 32.0 Å². The minimum Gasteiger partial charge on any atom is -0.197 e. The molecular weight excluding hydrogens is 190 g/mol. The van der Waals surface area contributed by atoms with Crippen LogP contribution >= 0.6 is 11.8 Å². The summed E-state index contributed by atoms with van der Waals surface area (Å²) in [4.78, 5) is 1.18. The first-order valence-corrected chi connectivity index (χ1v) is 5.77. The molecule has 0 saturated carbocycles. The van der Waals surface area contributed by atoms with Crippen molar-refractivity contribution in [3.05, 3.63) is 30.3 Å². The van der Waals surface area contributed by atoms with Gasteiger partial charge in [-0.25, -0.2) is 0 Å². The van der Waals surface area contributed by atoms with Gasteiger partial charge in [-0.1, -0.05) is 38.5 Å². The smallest absolute Gasteiger partial charge is 0.0988 e. The molecule has 1 nitrogen and oxygen atoms in total. The van der Waals surface area contributed by atoms with E-state index in [1.807, 2.05) is 18.2 Å². The van der Waals surface area contributed by atoms with Gasteiger partial charge < -0.3 is 0 Å². The fourth-order valence-electron chi connectivity index (χ4n) is 1.13. The molecule has 0 heterocycles. The number of benzene rings is 1. The molecule has 1 aromatic rings. The van der Waals surface area contributed by atoms with E-state index in [0.717, 1.165) is 6.42 Å². The molecule has 0 aliphatic rings. The van der Waals surface area contributed by atoms with Crippen molar-refractivity contribution in [2.45, 2.75) is 30.4 Å². The third-order valence-electron chi connectivity index (χ3n) is 2.29. The lowest BCUT2D eigenvalue weighted by Crippen LogP contribution is -2.10. The van der Waals surface area contributed by atoms with Gasteiger partial charge in [0.25, 0.3) is 0 Å². The molecule has 0 fully saturated rings. The van der Waals surface area contributed by atoms with Crippen molar-refractivity contribution in [3.8, 4) is 6.07 Å². The van der Waals surface area contributed by atoms with E-state index < -0.39 is 0 Å². The molecular formula is C12H15NS. The quantitative estimate of drug-likeness (QED) is 0.699. The lowest BCUT2D eigenvalue weighted by Gasteiger charge is -2.14. The van der Waals surface area contributed by atoms with Crippen LogP contribution in [-0.4, -0.2) is 5.25 Å². The predicted molar refractivity (Wildman–Crippen MR) is 61.2 cm³/mol. The van der Waals surface area contributed by atoms with Gasteiger partial charge in [-0.15, -0.1) is 11.8 Å². The average Bonchev–Trinajstić information content (AvgIpc) is 2.26. The van der Waals surface area contributed by atoms with Crippen molar-refractivity contribution in [3.63, 3.8) is 0 Å². The first-order valence-electron chi connectivity index (χ1n) is 4.89. The lowest BCUT2D eigenvalue weighted by atomic mass is 10.1. The van der Waals surface area contributed by atoms with Crippen LogP contribution in [-0.2, 0) is 0 Å². The highest BCUT2D eigenvalue weighted by Gasteiger charge is 2.15. The van der Waals surface area contributed by atoms with Gasteiger partial charge in [0, 0.05) is 4.90 Å². The van der Waals surface area contributed by atoms with Gasteiger partial charge in [-0.05, 0) is 18.1 Å². The molecule has 0 saturated heterocycles. The first-order chi connectivity index (χ1) is 6.77. The second-order valence-electron chi connectivity index (χ2n) is 3.37. The summed E-state index contributed by atoms with van der Waals surface area (Å²) in [5.74, 6) is 0.449. The molecule has 0 aliphatic heterocycles. The average molecular weight is 205 g/mol. The summed E-state index contributed by atoms with van der Waals surface area (Å²) in [7, 11) is 0. The van der Waals surface area contributed by atoms with Gasteiger partial charge in [-0.2, -0.15) is 5.26 Å². The molecule has 0 radical (unpaired) electrons. The Kier molecular flexibility index (Phi) is 4.55. The van der Waals surface area contributed by atoms with Gasteiger partial charge in [0.1, 0.15) is 0 Å². The Morgan fingerprint density at radius 2 is 2.00 bits per heavy atom. The predicted octanol–water partition coefficient (Wildman–Crippen LogP) is 3.72. The monoisotopic (exact) mass is 205 g/mol. The Balaban J connectivity index is 2.63. The van der Waals surface area contributed by atoms with Crippen molar-refractivity contribution < 1.29 is 0 Å². The summed E-state index contributed by atoms with van der Waals surface area (Å²) in [5.41, 5.74) is 0. The summed E-state index contributed by atoms with van der Waals surface area (Å²) >= 11 is 1.66. The maximum absolute atomic E-state index is 9.02. The second-order valence-corrected chi connectivity index (χ2v) is 4.58. The second kappa shape index (κ2) is 5.72. The normalized spacial score (nSPS) is 14.4. The third kappa shape index (κ3) is 3.08. The number of nitriles is 1. The Morgan fingerprint density at radius 3 is 2.50 bits per heavy atom. The van der Waals surface area contributed by atoms with E-state index in [9.17, 15) is 0 Å². The van der Waals surface area contributed by atoms with Crippen LogP contribution in [0, 0.1) is 17.2 Å². The zero-order chi connectivity index (χ0) is 10.4. The Bertz CT molecular complexity index is 302. The van der Waals surface area contributed by atoms with Gasteiger partial charge in [0.05, 0.1) is 11.3 Å². The van der Waals surface area contributed by atoms with E-state index >= 15 is 0 Å². The maximum Gasteiger partial charge on any atom is 0.0988 e. The molecule has 0 N–H and O–H groups in total. The first kappa shape index (κ1) is 11.1. The van der Waals surface area contributed by atoms with Crippen LogP contribution < -0.4 is 0 Å². The highest BCUT2D eigenvalue weighted by atomic mass is 32.2. The SMILES string of the molecule is CCC(C)C(C#N)Sc1ccccc1. The molecule has 74 valence electrons. The van der Waals surface area contributed by atoms with Crippen molar-refractivity contribution in [2.75, 3.05) is 0 Å². The highest BCUT2D eigenvalue weighted by molar-refractivity contribution is 8.00. The van der Waals surface area contributed by atoms with Crippen LogP contribution in [0.3, 0.4) is 0 Å². The van der Waals surface area contributed by atoms with Gasteiger partial charge in [0.15, 0.2) is 0 Å². The van der Waals surface area contributed by atoms with Crippen LogP contribution in [0.1, 0.15) is 20.3 Å². The van der Waals surface area contributed by atoms with Crippen LogP contribution in [0.5, 0.6) is 0 Å². The van der Waals surface area contributed by atoms with Crippen molar-refractivity contribution in [1.29, 1.82) is 5.26 Å². The summed E-state index contributed by atoms with van der Waals surface area (Å²) in [5, 5.41) is 9.09. The number of hydrogen-bond acceptors (Lipinski definition) is 2. The van der Waals surface area contributed by atoms with E-state index in [0.29, 0.717) is 5.92 Å². The molecule has 14 heavy (non-hydrogen) atoms. The van der Waals surface area contributed by atoms with Gasteiger partial charge in [0.2, 0.25) is 0 Å². The molecule has 0 bridgehead atoms. The third-order valence-corrected chi connectivity index (χ3v) is 3.66. The minimum absolute atomic E-state index is 0.0717. The molecule has 0 aliphatic carbocycles. The Morgan fingerprint density at radius 1 is 1.36 bits per heavy atom. The van der Waals surface area contributed by atoms with Crippen molar-refractivity contribution in [1.82, 2.24) is 0 Å². The molecule has 0 aromatic heterocycles. The Hall–Kier alpha value is -0.940. The molecule has 1 rings (SSSR count). The van der Waals surface area contributed by atoms with Crippen molar-refractivity contribution in [2.24, 2.45) is 5.92 Å². The topological polar surface area (TPSA) is 23.8 Å². The number of rotatable bonds is 4. The summed E-state index contributed by atoms with van der Waals surface area (Å²) < 4.78 is 0. The summed E-state index contributed by atoms with van der Waals surface area (Å²) in [6.07, 6.45) is 1.05. The minimum atomic E-state index is 0.0717. The molecule has 2 heteroatoms.